The van der Waals surface area contributed by atoms with Gasteiger partial charge in [-0.15, -0.1) is 0 Å². The van der Waals surface area contributed by atoms with Crippen LogP contribution < -0.4 is 0 Å². The number of ether oxygens (including phenoxy) is 1. The molecule has 2 aromatic carbocycles. The predicted octanol–water partition coefficient (Wildman–Crippen LogP) is 3.28. The quantitative estimate of drug-likeness (QED) is 0.511. The van der Waals surface area contributed by atoms with Crippen molar-refractivity contribution < 1.29 is 28.7 Å². The predicted molar refractivity (Wildman–Crippen MR) is 81.4 cm³/mol. The average Bonchev–Trinajstić information content (AvgIpc) is 2.54. The normalized spacial score (nSPS) is 10.2. The molecule has 124 valence electrons. The zero-order chi connectivity index (χ0) is 17.9. The van der Waals surface area contributed by atoms with Crippen LogP contribution in [-0.4, -0.2) is 28.6 Å². The number of carboxylic acids is 1. The van der Waals surface area contributed by atoms with Crippen LogP contribution in [0, 0.1) is 15.9 Å². The molecular weight excluding hydrogens is 321 g/mol. The Bertz CT molecular complexity index is 801. The van der Waals surface area contributed by atoms with Gasteiger partial charge in [-0.1, -0.05) is 6.07 Å². The second kappa shape index (κ2) is 6.86. The fourth-order valence-electron chi connectivity index (χ4n) is 2.08. The molecule has 2 rings (SSSR count). The summed E-state index contributed by atoms with van der Waals surface area (Å²) in [7, 11) is 0. The van der Waals surface area contributed by atoms with Gasteiger partial charge in [0.15, 0.2) is 0 Å². The zero-order valence-corrected chi connectivity index (χ0v) is 12.5. The highest BCUT2D eigenvalue weighted by Crippen LogP contribution is 2.28. The minimum absolute atomic E-state index is 0.0902. The Hall–Kier alpha value is -3.29. The highest BCUT2D eigenvalue weighted by molar-refractivity contribution is 5.92. The van der Waals surface area contributed by atoms with E-state index in [2.05, 4.69) is 0 Å². The number of carbonyl (C=O) groups is 2. The Labute approximate surface area is 135 Å². The molecule has 0 unspecified atom stereocenters. The summed E-state index contributed by atoms with van der Waals surface area (Å²) in [5.74, 6) is -3.04. The minimum Gasteiger partial charge on any atom is -0.478 e. The summed E-state index contributed by atoms with van der Waals surface area (Å²) in [5, 5.41) is 20.0. The van der Waals surface area contributed by atoms with Gasteiger partial charge in [-0.05, 0) is 36.2 Å². The van der Waals surface area contributed by atoms with E-state index >= 15 is 0 Å². The molecule has 24 heavy (non-hydrogen) atoms. The Balaban J connectivity index is 2.52. The molecule has 0 bridgehead atoms. The lowest BCUT2D eigenvalue weighted by Gasteiger charge is -2.07. The van der Waals surface area contributed by atoms with E-state index in [-0.39, 0.29) is 28.9 Å². The van der Waals surface area contributed by atoms with Crippen molar-refractivity contribution in [3.63, 3.8) is 0 Å². The number of nitro groups is 1. The number of halogens is 1. The largest absolute Gasteiger partial charge is 0.478 e. The highest BCUT2D eigenvalue weighted by atomic mass is 19.1. The van der Waals surface area contributed by atoms with Gasteiger partial charge < -0.3 is 9.84 Å². The van der Waals surface area contributed by atoms with Gasteiger partial charge in [-0.2, -0.15) is 0 Å². The number of nitrogens with zero attached hydrogens (tertiary/aromatic N) is 1. The molecule has 0 aliphatic heterocycles. The van der Waals surface area contributed by atoms with Crippen LogP contribution >= 0.6 is 0 Å². The average molecular weight is 333 g/mol. The van der Waals surface area contributed by atoms with Crippen molar-refractivity contribution >= 4 is 17.6 Å². The molecule has 0 amide bonds. The monoisotopic (exact) mass is 333 g/mol. The third-order valence-electron chi connectivity index (χ3n) is 3.17. The van der Waals surface area contributed by atoms with Gasteiger partial charge in [-0.25, -0.2) is 14.0 Å². The first-order chi connectivity index (χ1) is 11.3. The summed E-state index contributed by atoms with van der Waals surface area (Å²) < 4.78 is 18.8. The van der Waals surface area contributed by atoms with Crippen LogP contribution in [0.25, 0.3) is 11.1 Å². The molecular formula is C16H12FNO6. The van der Waals surface area contributed by atoms with Crippen LogP contribution in [-0.2, 0) is 4.74 Å². The van der Waals surface area contributed by atoms with Crippen LogP contribution in [0.1, 0.15) is 27.6 Å². The fraction of sp³-hybridized carbons (Fsp3) is 0.125. The lowest BCUT2D eigenvalue weighted by Crippen LogP contribution is -2.07. The Morgan fingerprint density at radius 1 is 1.21 bits per heavy atom. The molecule has 0 atom stereocenters. The first kappa shape index (κ1) is 17.1. The van der Waals surface area contributed by atoms with E-state index in [1.54, 1.807) is 6.92 Å². The number of hydrogen-bond acceptors (Lipinski definition) is 5. The summed E-state index contributed by atoms with van der Waals surface area (Å²) >= 11 is 0. The molecule has 7 nitrogen and oxygen atoms in total. The lowest BCUT2D eigenvalue weighted by molar-refractivity contribution is -0.384. The molecule has 0 aliphatic carbocycles. The summed E-state index contributed by atoms with van der Waals surface area (Å²) in [6.45, 7) is 1.67. The maximum atomic E-state index is 14.1. The second-order valence-corrected chi connectivity index (χ2v) is 4.75. The number of carboxylic acid groups (broad SMARTS) is 1. The topological polar surface area (TPSA) is 107 Å². The Kier molecular flexibility index (Phi) is 4.88. The van der Waals surface area contributed by atoms with Gasteiger partial charge in [0, 0.05) is 12.1 Å². The van der Waals surface area contributed by atoms with Crippen LogP contribution in [0.4, 0.5) is 10.1 Å². The molecule has 0 radical (unpaired) electrons. The van der Waals surface area contributed by atoms with Gasteiger partial charge in [0.2, 0.25) is 0 Å². The van der Waals surface area contributed by atoms with Crippen LogP contribution in [0.3, 0.4) is 0 Å². The molecule has 0 aliphatic rings. The number of carbonyl (C=O) groups excluding carboxylic acids is 1. The molecule has 0 spiro atoms. The number of nitro benzene ring substituents is 1. The number of rotatable bonds is 5. The summed E-state index contributed by atoms with van der Waals surface area (Å²) in [4.78, 5) is 32.8. The maximum absolute atomic E-state index is 14.1. The molecule has 0 saturated carbocycles. The van der Waals surface area contributed by atoms with E-state index in [0.29, 0.717) is 0 Å². The van der Waals surface area contributed by atoms with E-state index in [1.165, 1.54) is 18.2 Å². The van der Waals surface area contributed by atoms with Crippen molar-refractivity contribution in [2.75, 3.05) is 6.61 Å². The highest BCUT2D eigenvalue weighted by Gasteiger charge is 2.17. The maximum Gasteiger partial charge on any atom is 0.341 e. The van der Waals surface area contributed by atoms with Gasteiger partial charge >= 0.3 is 11.9 Å². The molecule has 8 heteroatoms. The summed E-state index contributed by atoms with van der Waals surface area (Å²) in [5.41, 5.74) is -0.652. The van der Waals surface area contributed by atoms with Crippen molar-refractivity contribution in [3.05, 3.63) is 63.5 Å². The smallest absolute Gasteiger partial charge is 0.341 e. The van der Waals surface area contributed by atoms with Crippen molar-refractivity contribution in [1.82, 2.24) is 0 Å². The van der Waals surface area contributed by atoms with Gasteiger partial charge in [0.05, 0.1) is 22.7 Å². The van der Waals surface area contributed by atoms with Crippen LogP contribution in [0.5, 0.6) is 0 Å². The van der Waals surface area contributed by atoms with Crippen LogP contribution in [0.2, 0.25) is 0 Å². The number of hydrogen-bond donors (Lipinski definition) is 1. The Morgan fingerprint density at radius 2 is 1.92 bits per heavy atom. The van der Waals surface area contributed by atoms with Crippen molar-refractivity contribution in [2.45, 2.75) is 6.92 Å². The number of aromatic carboxylic acids is 1. The second-order valence-electron chi connectivity index (χ2n) is 4.75. The molecule has 2 aromatic rings. The molecule has 0 aromatic heterocycles. The van der Waals surface area contributed by atoms with Crippen molar-refractivity contribution in [2.24, 2.45) is 0 Å². The SMILES string of the molecule is CCOC(=O)c1ccc(-c2cc(C(=O)O)cc([N+](=O)[O-])c2)cc1F. The molecule has 0 saturated heterocycles. The third-order valence-corrected chi connectivity index (χ3v) is 3.17. The number of esters is 1. The molecule has 1 N–H and O–H groups in total. The summed E-state index contributed by atoms with van der Waals surface area (Å²) in [6, 6.07) is 6.77. The minimum atomic E-state index is -1.34. The van der Waals surface area contributed by atoms with Gasteiger partial charge in [0.1, 0.15) is 5.82 Å². The Morgan fingerprint density at radius 3 is 2.46 bits per heavy atom. The van der Waals surface area contributed by atoms with E-state index in [9.17, 15) is 24.1 Å². The van der Waals surface area contributed by atoms with E-state index in [1.807, 2.05) is 0 Å². The lowest BCUT2D eigenvalue weighted by atomic mass is 10.0. The van der Waals surface area contributed by atoms with E-state index in [4.69, 9.17) is 9.84 Å². The zero-order valence-electron chi connectivity index (χ0n) is 12.5. The molecule has 0 fully saturated rings. The van der Waals surface area contributed by atoms with E-state index < -0.39 is 28.4 Å². The number of non-ortho nitro benzene ring substituents is 1. The van der Waals surface area contributed by atoms with Crippen molar-refractivity contribution in [1.29, 1.82) is 0 Å². The first-order valence-corrected chi connectivity index (χ1v) is 6.83. The number of benzene rings is 2. The summed E-state index contributed by atoms with van der Waals surface area (Å²) in [6.07, 6.45) is 0. The third kappa shape index (κ3) is 3.54. The standard InChI is InChI=1S/C16H12FNO6/c1-2-24-16(21)13-4-3-9(8-14(13)17)10-5-11(15(19)20)7-12(6-10)18(22)23/h3-8H,2H2,1H3,(H,19,20). The van der Waals surface area contributed by atoms with Gasteiger partial charge in [0.25, 0.3) is 5.69 Å². The van der Waals surface area contributed by atoms with Gasteiger partial charge in [-0.3, -0.25) is 10.1 Å². The molecule has 0 heterocycles. The van der Waals surface area contributed by atoms with E-state index in [0.717, 1.165) is 18.2 Å². The fourth-order valence-corrected chi connectivity index (χ4v) is 2.08. The van der Waals surface area contributed by atoms with Crippen LogP contribution in [0.15, 0.2) is 36.4 Å². The first-order valence-electron chi connectivity index (χ1n) is 6.83. The van der Waals surface area contributed by atoms with Crippen molar-refractivity contribution in [3.8, 4) is 11.1 Å².